The third-order valence-electron chi connectivity index (χ3n) is 6.71. The van der Waals surface area contributed by atoms with Gasteiger partial charge in [0.1, 0.15) is 0 Å². The fourth-order valence-corrected chi connectivity index (χ4v) is 5.01. The first-order chi connectivity index (χ1) is 17.9. The summed E-state index contributed by atoms with van der Waals surface area (Å²) >= 11 is 0. The molecule has 0 aliphatic carbocycles. The molecule has 0 heteroatoms. The first kappa shape index (κ1) is 21.8. The molecule has 170 valence electrons. The van der Waals surface area contributed by atoms with Crippen LogP contribution in [0.2, 0.25) is 0 Å². The van der Waals surface area contributed by atoms with Gasteiger partial charge < -0.3 is 0 Å². The highest BCUT2D eigenvalue weighted by Gasteiger charge is 2.11. The van der Waals surface area contributed by atoms with Crippen molar-refractivity contribution in [3.63, 3.8) is 0 Å². The van der Waals surface area contributed by atoms with Gasteiger partial charge in [0.15, 0.2) is 0 Å². The van der Waals surface area contributed by atoms with E-state index in [-0.39, 0.29) is 0 Å². The van der Waals surface area contributed by atoms with Crippen LogP contribution in [0.5, 0.6) is 0 Å². The maximum Gasteiger partial charge on any atom is -0.00206 e. The molecule has 0 amide bonds. The zero-order chi connectivity index (χ0) is 24.2. The molecule has 0 saturated heterocycles. The molecular weight excluding hydrogens is 432 g/mol. The summed E-state index contributed by atoms with van der Waals surface area (Å²) in [7, 11) is 0. The van der Waals surface area contributed by atoms with Crippen molar-refractivity contribution in [1.82, 2.24) is 0 Å². The molecule has 36 heavy (non-hydrogen) atoms. The fraction of sp³-hybridized carbons (Fsp3) is 0. The molecule has 0 fully saturated rings. The van der Waals surface area contributed by atoms with Crippen LogP contribution < -0.4 is 0 Å². The van der Waals surface area contributed by atoms with Gasteiger partial charge in [-0.05, 0) is 60.6 Å². The highest BCUT2D eigenvalue weighted by Crippen LogP contribution is 2.39. The molecule has 0 unspecified atom stereocenters. The summed E-state index contributed by atoms with van der Waals surface area (Å²) in [5.41, 5.74) is 5.19. The maximum absolute atomic E-state index is 2.29. The van der Waals surface area contributed by atoms with Gasteiger partial charge in [-0.2, -0.15) is 0 Å². The topological polar surface area (TPSA) is 0 Å². The smallest absolute Gasteiger partial charge is 0.00206 e. The minimum absolute atomic E-state index is 1.28. The molecule has 0 spiro atoms. The first-order valence-electron chi connectivity index (χ1n) is 12.4. The van der Waals surface area contributed by atoms with Crippen molar-refractivity contribution >= 4 is 32.3 Å². The zero-order valence-electron chi connectivity index (χ0n) is 20.0. The lowest BCUT2D eigenvalue weighted by molar-refractivity contribution is 1.62. The van der Waals surface area contributed by atoms with Crippen molar-refractivity contribution in [2.45, 2.75) is 0 Å². The van der Waals surface area contributed by atoms with E-state index in [0.29, 0.717) is 0 Å². The lowest BCUT2D eigenvalue weighted by Crippen LogP contribution is -1.87. The second-order valence-corrected chi connectivity index (χ2v) is 8.95. The Morgan fingerprint density at radius 1 is 0.278 bits per heavy atom. The second-order valence-electron chi connectivity index (χ2n) is 8.95. The first-order valence-corrected chi connectivity index (χ1v) is 12.4. The monoisotopic (exact) mass is 458 g/mol. The Morgan fingerprint density at radius 2 is 0.694 bits per heavy atom. The predicted molar refractivity (Wildman–Crippen MR) is 156 cm³/mol. The normalized spacial score (nSPS) is 10.8. The Kier molecular flexibility index (Phi) is 6.00. The van der Waals surface area contributed by atoms with E-state index in [1.165, 1.54) is 54.6 Å². The number of benzene rings is 7. The zero-order valence-corrected chi connectivity index (χ0v) is 20.0. The molecule has 0 heterocycles. The van der Waals surface area contributed by atoms with Crippen LogP contribution in [0.25, 0.3) is 54.6 Å². The highest BCUT2D eigenvalue weighted by atomic mass is 14.1. The maximum atomic E-state index is 2.29. The third kappa shape index (κ3) is 4.26. The predicted octanol–water partition coefficient (Wildman–Crippen LogP) is 10.2. The Balaban J connectivity index is 0.000000168. The summed E-state index contributed by atoms with van der Waals surface area (Å²) in [6.45, 7) is 0. The molecule has 7 aromatic rings. The summed E-state index contributed by atoms with van der Waals surface area (Å²) in [4.78, 5) is 0. The minimum Gasteiger partial charge on any atom is -0.0622 e. The molecular formula is C36H26. The fourth-order valence-electron chi connectivity index (χ4n) is 5.01. The molecule has 0 N–H and O–H groups in total. The van der Waals surface area contributed by atoms with Gasteiger partial charge in [-0.15, -0.1) is 0 Å². The molecule has 7 aromatic carbocycles. The molecule has 0 saturated carbocycles. The van der Waals surface area contributed by atoms with E-state index >= 15 is 0 Å². The van der Waals surface area contributed by atoms with Crippen LogP contribution in [0.1, 0.15) is 0 Å². The van der Waals surface area contributed by atoms with Crippen molar-refractivity contribution in [3.05, 3.63) is 158 Å². The number of fused-ring (bicyclic) bond motifs is 3. The van der Waals surface area contributed by atoms with E-state index in [1.807, 2.05) is 12.1 Å². The van der Waals surface area contributed by atoms with Gasteiger partial charge in [-0.25, -0.2) is 0 Å². The molecule has 0 atom stereocenters. The van der Waals surface area contributed by atoms with E-state index < -0.39 is 0 Å². The average Bonchev–Trinajstić information content (AvgIpc) is 2.97. The van der Waals surface area contributed by atoms with Crippen molar-refractivity contribution in [2.24, 2.45) is 0 Å². The quantitative estimate of drug-likeness (QED) is 0.226. The Morgan fingerprint density at radius 3 is 1.25 bits per heavy atom. The summed E-state index contributed by atoms with van der Waals surface area (Å²) in [6.07, 6.45) is 0. The number of rotatable bonds is 2. The van der Waals surface area contributed by atoms with E-state index in [9.17, 15) is 0 Å². The van der Waals surface area contributed by atoms with Crippen LogP contribution in [0, 0.1) is 0 Å². The van der Waals surface area contributed by atoms with Crippen LogP contribution in [0.3, 0.4) is 0 Å². The Hall–Kier alpha value is -4.68. The molecule has 0 nitrogen and oxygen atoms in total. The molecule has 0 aromatic heterocycles. The van der Waals surface area contributed by atoms with E-state index in [0.717, 1.165) is 0 Å². The van der Waals surface area contributed by atoms with E-state index in [4.69, 9.17) is 0 Å². The minimum atomic E-state index is 1.28. The largest absolute Gasteiger partial charge is 0.0622 e. The van der Waals surface area contributed by atoms with Gasteiger partial charge in [0.2, 0.25) is 0 Å². The molecule has 0 aliphatic rings. The van der Waals surface area contributed by atoms with Crippen molar-refractivity contribution in [1.29, 1.82) is 0 Å². The van der Waals surface area contributed by atoms with Crippen LogP contribution >= 0.6 is 0 Å². The van der Waals surface area contributed by atoms with Gasteiger partial charge in [-0.1, -0.05) is 152 Å². The summed E-state index contributed by atoms with van der Waals surface area (Å²) in [6, 6.07) is 55.7. The van der Waals surface area contributed by atoms with Crippen molar-refractivity contribution < 1.29 is 0 Å². The lowest BCUT2D eigenvalue weighted by atomic mass is 9.89. The Bertz CT molecular complexity index is 1670. The summed E-state index contributed by atoms with van der Waals surface area (Å²) < 4.78 is 0. The highest BCUT2D eigenvalue weighted by molar-refractivity contribution is 6.16. The van der Waals surface area contributed by atoms with Crippen LogP contribution in [-0.4, -0.2) is 0 Å². The molecule has 0 radical (unpaired) electrons. The van der Waals surface area contributed by atoms with Crippen LogP contribution in [0.4, 0.5) is 0 Å². The SMILES string of the molecule is c1ccc(-c2ccccc2)cc1.c1ccc2c(-c3c4ccccc4cc4ccccc34)cccc2c1. The summed E-state index contributed by atoms with van der Waals surface area (Å²) in [5.74, 6) is 0. The number of hydrogen-bond donors (Lipinski definition) is 0. The van der Waals surface area contributed by atoms with Gasteiger partial charge >= 0.3 is 0 Å². The van der Waals surface area contributed by atoms with Gasteiger partial charge in [0.05, 0.1) is 0 Å². The van der Waals surface area contributed by atoms with Gasteiger partial charge in [0, 0.05) is 0 Å². The Labute approximate surface area is 212 Å². The van der Waals surface area contributed by atoms with E-state index in [2.05, 4.69) is 146 Å². The summed E-state index contributed by atoms with van der Waals surface area (Å²) in [5, 5.41) is 7.80. The lowest BCUT2D eigenvalue weighted by Gasteiger charge is -2.14. The van der Waals surface area contributed by atoms with E-state index in [1.54, 1.807) is 0 Å². The standard InChI is InChI=1S/C24H16.C12H10/c1-4-12-20-17(8-1)11-7-15-23(20)24-21-13-5-2-9-18(21)16-19-10-3-6-14-22(19)24;1-3-7-11(8-4-1)12-9-5-2-6-10-12/h1-16H;1-10H. The molecule has 0 bridgehead atoms. The molecule has 0 aliphatic heterocycles. The van der Waals surface area contributed by atoms with Crippen LogP contribution in [-0.2, 0) is 0 Å². The number of hydrogen-bond acceptors (Lipinski definition) is 0. The van der Waals surface area contributed by atoms with Gasteiger partial charge in [0.25, 0.3) is 0 Å². The van der Waals surface area contributed by atoms with Crippen LogP contribution in [0.15, 0.2) is 158 Å². The van der Waals surface area contributed by atoms with Crippen molar-refractivity contribution in [3.8, 4) is 22.3 Å². The van der Waals surface area contributed by atoms with Crippen molar-refractivity contribution in [2.75, 3.05) is 0 Å². The average molecular weight is 459 g/mol. The molecule has 7 rings (SSSR count). The second kappa shape index (κ2) is 9.90. The third-order valence-corrected chi connectivity index (χ3v) is 6.71. The van der Waals surface area contributed by atoms with Gasteiger partial charge in [-0.3, -0.25) is 0 Å².